The van der Waals surface area contributed by atoms with Gasteiger partial charge in [-0.25, -0.2) is 4.79 Å². The van der Waals surface area contributed by atoms with E-state index in [2.05, 4.69) is 9.84 Å². The van der Waals surface area contributed by atoms with Crippen LogP contribution in [0.25, 0.3) is 6.08 Å². The molecule has 0 saturated heterocycles. The van der Waals surface area contributed by atoms with E-state index in [1.54, 1.807) is 14.0 Å². The minimum atomic E-state index is -2.96. The molecule has 0 unspecified atom stereocenters. The molecule has 6 nitrogen and oxygen atoms in total. The van der Waals surface area contributed by atoms with Gasteiger partial charge in [-0.2, -0.15) is 13.9 Å². The molecule has 9 heteroatoms. The van der Waals surface area contributed by atoms with Crippen molar-refractivity contribution in [3.05, 3.63) is 46.2 Å². The fourth-order valence-corrected chi connectivity index (χ4v) is 2.42. The van der Waals surface area contributed by atoms with Crippen molar-refractivity contribution in [2.45, 2.75) is 20.1 Å². The average Bonchev–Trinajstić information content (AvgIpc) is 2.83. The zero-order chi connectivity index (χ0) is 19.3. The fourth-order valence-electron chi connectivity index (χ4n) is 2.18. The van der Waals surface area contributed by atoms with Crippen LogP contribution < -0.4 is 9.47 Å². The van der Waals surface area contributed by atoms with E-state index in [1.165, 1.54) is 42.1 Å². The summed E-state index contributed by atoms with van der Waals surface area (Å²) in [7, 11) is 3.02. The third-order valence-electron chi connectivity index (χ3n) is 3.41. The van der Waals surface area contributed by atoms with Gasteiger partial charge in [0, 0.05) is 18.7 Å². The van der Waals surface area contributed by atoms with Crippen LogP contribution in [0.1, 0.15) is 16.8 Å². The monoisotopic (exact) mass is 386 g/mol. The Morgan fingerprint density at radius 1 is 1.38 bits per heavy atom. The van der Waals surface area contributed by atoms with Crippen molar-refractivity contribution in [2.75, 3.05) is 7.11 Å². The SMILES string of the molecule is COc1cc(COC(=O)/C=C/c2c(C)nn(C)c2Cl)ccc1OC(F)F. The molecule has 0 atom stereocenters. The van der Waals surface area contributed by atoms with Gasteiger partial charge >= 0.3 is 12.6 Å². The summed E-state index contributed by atoms with van der Waals surface area (Å²) in [4.78, 5) is 11.9. The van der Waals surface area contributed by atoms with E-state index >= 15 is 0 Å². The Hall–Kier alpha value is -2.61. The van der Waals surface area contributed by atoms with Crippen LogP contribution in [-0.4, -0.2) is 29.5 Å². The highest BCUT2D eigenvalue weighted by Crippen LogP contribution is 2.29. The number of benzene rings is 1. The molecule has 0 spiro atoms. The first-order valence-corrected chi connectivity index (χ1v) is 7.85. The average molecular weight is 387 g/mol. The molecular formula is C17H17ClF2N2O4. The van der Waals surface area contributed by atoms with E-state index in [9.17, 15) is 13.6 Å². The number of hydrogen-bond donors (Lipinski definition) is 0. The molecule has 0 saturated carbocycles. The molecule has 0 bridgehead atoms. The first-order chi connectivity index (χ1) is 12.3. The number of nitrogens with zero attached hydrogens (tertiary/aromatic N) is 2. The van der Waals surface area contributed by atoms with Crippen molar-refractivity contribution in [3.63, 3.8) is 0 Å². The number of methoxy groups -OCH3 is 1. The maximum absolute atomic E-state index is 12.3. The zero-order valence-electron chi connectivity index (χ0n) is 14.3. The highest BCUT2D eigenvalue weighted by atomic mass is 35.5. The number of carbonyl (C=O) groups excluding carboxylic acids is 1. The number of aryl methyl sites for hydroxylation is 2. The van der Waals surface area contributed by atoms with Crippen molar-refractivity contribution >= 4 is 23.6 Å². The van der Waals surface area contributed by atoms with E-state index in [1.807, 2.05) is 0 Å². The molecule has 1 heterocycles. The fraction of sp³-hybridized carbons (Fsp3) is 0.294. The zero-order valence-corrected chi connectivity index (χ0v) is 15.1. The number of carbonyl (C=O) groups is 1. The van der Waals surface area contributed by atoms with Crippen LogP contribution in [-0.2, 0) is 23.2 Å². The van der Waals surface area contributed by atoms with Gasteiger partial charge in [0.15, 0.2) is 11.5 Å². The number of hydrogen-bond acceptors (Lipinski definition) is 5. The Bertz CT molecular complexity index is 821. The molecule has 26 heavy (non-hydrogen) atoms. The van der Waals surface area contributed by atoms with Gasteiger partial charge in [-0.15, -0.1) is 0 Å². The normalized spacial score (nSPS) is 11.2. The minimum Gasteiger partial charge on any atom is -0.493 e. The molecular weight excluding hydrogens is 370 g/mol. The summed E-state index contributed by atoms with van der Waals surface area (Å²) in [5, 5.41) is 4.54. The summed E-state index contributed by atoms with van der Waals surface area (Å²) in [5.74, 6) is -0.567. The van der Waals surface area contributed by atoms with Gasteiger partial charge in [-0.1, -0.05) is 17.7 Å². The summed E-state index contributed by atoms with van der Waals surface area (Å²) in [6.45, 7) is -1.25. The molecule has 0 amide bonds. The lowest BCUT2D eigenvalue weighted by atomic mass is 10.2. The summed E-state index contributed by atoms with van der Waals surface area (Å²) >= 11 is 6.07. The Labute approximate surface area is 153 Å². The van der Waals surface area contributed by atoms with Crippen molar-refractivity contribution in [1.29, 1.82) is 0 Å². The third kappa shape index (κ3) is 4.95. The molecule has 0 radical (unpaired) electrons. The van der Waals surface area contributed by atoms with Crippen molar-refractivity contribution in [3.8, 4) is 11.5 Å². The summed E-state index contributed by atoms with van der Waals surface area (Å²) in [6.07, 6.45) is 2.76. The van der Waals surface area contributed by atoms with E-state index < -0.39 is 12.6 Å². The quantitative estimate of drug-likeness (QED) is 0.535. The van der Waals surface area contributed by atoms with Crippen molar-refractivity contribution in [1.82, 2.24) is 9.78 Å². The number of alkyl halides is 2. The minimum absolute atomic E-state index is 0.0613. The van der Waals surface area contributed by atoms with Crippen LogP contribution in [0.15, 0.2) is 24.3 Å². The third-order valence-corrected chi connectivity index (χ3v) is 3.86. The Morgan fingerprint density at radius 2 is 2.12 bits per heavy atom. The van der Waals surface area contributed by atoms with Gasteiger partial charge in [0.05, 0.1) is 12.8 Å². The smallest absolute Gasteiger partial charge is 0.387 e. The second kappa shape index (κ2) is 8.66. The van der Waals surface area contributed by atoms with E-state index in [4.69, 9.17) is 21.1 Å². The highest BCUT2D eigenvalue weighted by molar-refractivity contribution is 6.31. The molecule has 0 fully saturated rings. The predicted octanol–water partition coefficient (Wildman–Crippen LogP) is 3.75. The first kappa shape index (κ1) is 19.7. The van der Waals surface area contributed by atoms with Crippen molar-refractivity contribution < 1.29 is 27.8 Å². The molecule has 1 aromatic heterocycles. The lowest BCUT2D eigenvalue weighted by Gasteiger charge is -2.11. The molecule has 0 aliphatic heterocycles. The highest BCUT2D eigenvalue weighted by Gasteiger charge is 2.12. The van der Waals surface area contributed by atoms with Gasteiger partial charge in [0.1, 0.15) is 11.8 Å². The molecule has 2 rings (SSSR count). The Balaban J connectivity index is 1.99. The summed E-state index contributed by atoms with van der Waals surface area (Å²) in [5.41, 5.74) is 1.86. The maximum Gasteiger partial charge on any atom is 0.387 e. The Morgan fingerprint density at radius 3 is 2.69 bits per heavy atom. The van der Waals surface area contributed by atoms with Gasteiger partial charge in [-0.3, -0.25) is 4.68 Å². The predicted molar refractivity (Wildman–Crippen MR) is 91.4 cm³/mol. The van der Waals surface area contributed by atoms with Crippen LogP contribution in [0.4, 0.5) is 8.78 Å². The standard InChI is InChI=1S/C17H17ClF2N2O4/c1-10-12(16(18)22(2)21-10)5-7-15(23)25-9-11-4-6-13(26-17(19)20)14(8-11)24-3/h4-8,17H,9H2,1-3H3/b7-5+. The number of rotatable bonds is 7. The molecule has 0 N–H and O–H groups in total. The van der Waals surface area contributed by atoms with Crippen LogP contribution in [0.2, 0.25) is 5.15 Å². The lowest BCUT2D eigenvalue weighted by molar-refractivity contribution is -0.138. The van der Waals surface area contributed by atoms with E-state index in [-0.39, 0.29) is 18.1 Å². The topological polar surface area (TPSA) is 62.6 Å². The van der Waals surface area contributed by atoms with Crippen LogP contribution in [0.3, 0.4) is 0 Å². The van der Waals surface area contributed by atoms with Gasteiger partial charge in [0.2, 0.25) is 0 Å². The second-order valence-corrected chi connectivity index (χ2v) is 5.58. The van der Waals surface area contributed by atoms with E-state index in [0.717, 1.165) is 0 Å². The first-order valence-electron chi connectivity index (χ1n) is 7.47. The second-order valence-electron chi connectivity index (χ2n) is 5.22. The van der Waals surface area contributed by atoms with Crippen molar-refractivity contribution in [2.24, 2.45) is 7.05 Å². The molecule has 140 valence electrons. The molecule has 0 aliphatic rings. The maximum atomic E-state index is 12.3. The summed E-state index contributed by atoms with van der Waals surface area (Å²) in [6, 6.07) is 4.28. The molecule has 2 aromatic rings. The molecule has 0 aliphatic carbocycles. The van der Waals surface area contributed by atoms with Gasteiger partial charge < -0.3 is 14.2 Å². The van der Waals surface area contributed by atoms with E-state index in [0.29, 0.717) is 22.0 Å². The summed E-state index contributed by atoms with van der Waals surface area (Å²) < 4.78 is 40.5. The van der Waals surface area contributed by atoms with Crippen LogP contribution in [0.5, 0.6) is 11.5 Å². The number of halogens is 3. The molecule has 1 aromatic carbocycles. The number of aromatic nitrogens is 2. The largest absolute Gasteiger partial charge is 0.493 e. The number of esters is 1. The van der Waals surface area contributed by atoms with Crippen LogP contribution in [0, 0.1) is 6.92 Å². The Kier molecular flexibility index (Phi) is 6.57. The lowest BCUT2D eigenvalue weighted by Crippen LogP contribution is -2.05. The van der Waals surface area contributed by atoms with Gasteiger partial charge in [0.25, 0.3) is 0 Å². The van der Waals surface area contributed by atoms with Gasteiger partial charge in [-0.05, 0) is 30.7 Å². The number of ether oxygens (including phenoxy) is 3. The van der Waals surface area contributed by atoms with Crippen LogP contribution >= 0.6 is 11.6 Å².